The first-order valence-corrected chi connectivity index (χ1v) is 6.45. The van der Waals surface area contributed by atoms with Gasteiger partial charge in [0.25, 0.3) is 0 Å². The van der Waals surface area contributed by atoms with Crippen molar-refractivity contribution in [1.82, 2.24) is 9.97 Å². The highest BCUT2D eigenvalue weighted by atomic mass is 32.1. The van der Waals surface area contributed by atoms with Crippen molar-refractivity contribution in [1.29, 1.82) is 0 Å². The number of hydrogen-bond donors (Lipinski definition) is 0. The first-order valence-electron chi connectivity index (χ1n) is 5.50. The Labute approximate surface area is 104 Å². The molecule has 84 valence electrons. The molecule has 3 rings (SSSR count). The molecule has 0 amide bonds. The lowest BCUT2D eigenvalue weighted by Crippen LogP contribution is -1.90. The van der Waals surface area contributed by atoms with Crippen molar-refractivity contribution in [3.8, 4) is 11.3 Å². The van der Waals surface area contributed by atoms with Gasteiger partial charge in [0, 0.05) is 10.9 Å². The third-order valence-corrected chi connectivity index (χ3v) is 3.66. The minimum absolute atomic E-state index is 0.946. The zero-order chi connectivity index (χ0) is 11.8. The fourth-order valence-electron chi connectivity index (χ4n) is 1.82. The van der Waals surface area contributed by atoms with Crippen LogP contribution < -0.4 is 0 Å². The predicted molar refractivity (Wildman–Crippen MR) is 72.3 cm³/mol. The molecule has 17 heavy (non-hydrogen) atoms. The van der Waals surface area contributed by atoms with Crippen LogP contribution in [-0.2, 0) is 0 Å². The van der Waals surface area contributed by atoms with Crippen LogP contribution in [0.15, 0.2) is 35.2 Å². The molecule has 0 fully saturated rings. The number of thiophene rings is 1. The smallest absolute Gasteiger partial charge is 0.0901 e. The van der Waals surface area contributed by atoms with Crippen molar-refractivity contribution in [2.24, 2.45) is 0 Å². The molecule has 0 radical (unpaired) electrons. The van der Waals surface area contributed by atoms with Gasteiger partial charge in [-0.2, -0.15) is 11.3 Å². The minimum atomic E-state index is 0.946. The van der Waals surface area contributed by atoms with Crippen LogP contribution in [0.2, 0.25) is 0 Å². The Morgan fingerprint density at radius 3 is 2.53 bits per heavy atom. The topological polar surface area (TPSA) is 25.8 Å². The summed E-state index contributed by atoms with van der Waals surface area (Å²) < 4.78 is 0. The fourth-order valence-corrected chi connectivity index (χ4v) is 2.47. The average Bonchev–Trinajstić information content (AvgIpc) is 2.83. The summed E-state index contributed by atoms with van der Waals surface area (Å²) >= 11 is 1.68. The van der Waals surface area contributed by atoms with E-state index in [9.17, 15) is 0 Å². The van der Waals surface area contributed by atoms with Gasteiger partial charge in [-0.15, -0.1) is 0 Å². The lowest BCUT2D eigenvalue weighted by molar-refractivity contribution is 1.26. The second-order valence-electron chi connectivity index (χ2n) is 4.19. The molecule has 3 aromatic rings. The zero-order valence-electron chi connectivity index (χ0n) is 9.77. The molecule has 0 aliphatic heterocycles. The Morgan fingerprint density at radius 1 is 1.06 bits per heavy atom. The van der Waals surface area contributed by atoms with Crippen LogP contribution in [0.5, 0.6) is 0 Å². The van der Waals surface area contributed by atoms with E-state index < -0.39 is 0 Å². The Hall–Kier alpha value is -1.74. The SMILES string of the molecule is Cc1cc2ncc(-c3ccsc3)nc2cc1C. The highest BCUT2D eigenvalue weighted by Gasteiger charge is 2.04. The van der Waals surface area contributed by atoms with E-state index in [1.165, 1.54) is 11.1 Å². The van der Waals surface area contributed by atoms with Gasteiger partial charge in [0.15, 0.2) is 0 Å². The highest BCUT2D eigenvalue weighted by molar-refractivity contribution is 7.08. The van der Waals surface area contributed by atoms with E-state index >= 15 is 0 Å². The van der Waals surface area contributed by atoms with Crippen molar-refractivity contribution in [2.45, 2.75) is 13.8 Å². The maximum Gasteiger partial charge on any atom is 0.0901 e. The van der Waals surface area contributed by atoms with E-state index in [0.717, 1.165) is 22.3 Å². The van der Waals surface area contributed by atoms with E-state index in [4.69, 9.17) is 0 Å². The van der Waals surface area contributed by atoms with Gasteiger partial charge in [0.05, 0.1) is 22.9 Å². The highest BCUT2D eigenvalue weighted by Crippen LogP contribution is 2.22. The Bertz CT molecular complexity index is 672. The van der Waals surface area contributed by atoms with Crippen LogP contribution in [-0.4, -0.2) is 9.97 Å². The summed E-state index contributed by atoms with van der Waals surface area (Å²) in [6.07, 6.45) is 1.85. The Morgan fingerprint density at radius 2 is 1.82 bits per heavy atom. The normalized spacial score (nSPS) is 10.9. The molecule has 1 aromatic carbocycles. The molecule has 0 aliphatic rings. The van der Waals surface area contributed by atoms with Crippen LogP contribution in [0.3, 0.4) is 0 Å². The lowest BCUT2D eigenvalue weighted by Gasteiger charge is -2.04. The summed E-state index contributed by atoms with van der Waals surface area (Å²) in [4.78, 5) is 9.14. The summed E-state index contributed by atoms with van der Waals surface area (Å²) in [5.74, 6) is 0. The number of hydrogen-bond acceptors (Lipinski definition) is 3. The molecule has 3 heteroatoms. The van der Waals surface area contributed by atoms with Gasteiger partial charge in [-0.3, -0.25) is 4.98 Å². The molecule has 0 aliphatic carbocycles. The van der Waals surface area contributed by atoms with Gasteiger partial charge in [0.1, 0.15) is 0 Å². The molecule has 2 aromatic heterocycles. The van der Waals surface area contributed by atoms with Crippen molar-refractivity contribution in [3.63, 3.8) is 0 Å². The molecule has 0 N–H and O–H groups in total. The van der Waals surface area contributed by atoms with E-state index in [1.54, 1.807) is 11.3 Å². The minimum Gasteiger partial charge on any atom is -0.252 e. The summed E-state index contributed by atoms with van der Waals surface area (Å²) in [6, 6.07) is 6.27. The molecule has 0 unspecified atom stereocenters. The van der Waals surface area contributed by atoms with Gasteiger partial charge in [-0.1, -0.05) is 0 Å². The van der Waals surface area contributed by atoms with Gasteiger partial charge >= 0.3 is 0 Å². The van der Waals surface area contributed by atoms with Crippen molar-refractivity contribution in [3.05, 3.63) is 46.3 Å². The molecular formula is C14H12N2S. The molecule has 0 bridgehead atoms. The van der Waals surface area contributed by atoms with Gasteiger partial charge in [-0.25, -0.2) is 4.98 Å². The first-order chi connectivity index (χ1) is 8.24. The number of aryl methyl sites for hydroxylation is 2. The van der Waals surface area contributed by atoms with E-state index in [2.05, 4.69) is 52.8 Å². The standard InChI is InChI=1S/C14H12N2S/c1-9-5-12-13(6-10(9)2)16-14(7-15-12)11-3-4-17-8-11/h3-8H,1-2H3. The number of aromatic nitrogens is 2. The average molecular weight is 240 g/mol. The molecule has 0 saturated heterocycles. The largest absolute Gasteiger partial charge is 0.252 e. The maximum atomic E-state index is 4.66. The predicted octanol–water partition coefficient (Wildman–Crippen LogP) is 3.98. The summed E-state index contributed by atoms with van der Waals surface area (Å²) in [5, 5.41) is 4.15. The van der Waals surface area contributed by atoms with Crippen LogP contribution >= 0.6 is 11.3 Å². The molecule has 0 atom stereocenters. The first kappa shape index (κ1) is 10.4. The lowest BCUT2D eigenvalue weighted by atomic mass is 10.1. The van der Waals surface area contributed by atoms with Crippen LogP contribution in [0.4, 0.5) is 0 Å². The summed E-state index contributed by atoms with van der Waals surface area (Å²) in [7, 11) is 0. The quantitative estimate of drug-likeness (QED) is 0.643. The molecular weight excluding hydrogens is 228 g/mol. The van der Waals surface area contributed by atoms with E-state index in [0.29, 0.717) is 0 Å². The van der Waals surface area contributed by atoms with Gasteiger partial charge in [-0.05, 0) is 48.6 Å². The van der Waals surface area contributed by atoms with Crippen LogP contribution in [0.25, 0.3) is 22.3 Å². The summed E-state index contributed by atoms with van der Waals surface area (Å²) in [6.45, 7) is 4.21. The Kier molecular flexibility index (Phi) is 2.41. The van der Waals surface area contributed by atoms with E-state index in [-0.39, 0.29) is 0 Å². The second-order valence-corrected chi connectivity index (χ2v) is 4.97. The van der Waals surface area contributed by atoms with Gasteiger partial charge < -0.3 is 0 Å². The van der Waals surface area contributed by atoms with Crippen LogP contribution in [0, 0.1) is 13.8 Å². The molecule has 0 saturated carbocycles. The zero-order valence-corrected chi connectivity index (χ0v) is 10.6. The molecule has 0 spiro atoms. The van der Waals surface area contributed by atoms with Crippen molar-refractivity contribution < 1.29 is 0 Å². The van der Waals surface area contributed by atoms with Crippen molar-refractivity contribution in [2.75, 3.05) is 0 Å². The maximum absolute atomic E-state index is 4.66. The fraction of sp³-hybridized carbons (Fsp3) is 0.143. The second kappa shape index (κ2) is 3.93. The Balaban J connectivity index is 2.22. The number of benzene rings is 1. The number of rotatable bonds is 1. The number of fused-ring (bicyclic) bond motifs is 1. The third-order valence-electron chi connectivity index (χ3n) is 2.97. The van der Waals surface area contributed by atoms with Crippen molar-refractivity contribution >= 4 is 22.4 Å². The monoisotopic (exact) mass is 240 g/mol. The molecule has 2 nitrogen and oxygen atoms in total. The van der Waals surface area contributed by atoms with Crippen LogP contribution in [0.1, 0.15) is 11.1 Å². The number of nitrogens with zero attached hydrogens (tertiary/aromatic N) is 2. The molecule has 2 heterocycles. The van der Waals surface area contributed by atoms with E-state index in [1.807, 2.05) is 6.20 Å². The van der Waals surface area contributed by atoms with Gasteiger partial charge in [0.2, 0.25) is 0 Å². The third kappa shape index (κ3) is 1.83. The summed E-state index contributed by atoms with van der Waals surface area (Å²) in [5.41, 5.74) is 6.54.